The number of amides is 5. The lowest BCUT2D eigenvalue weighted by atomic mass is 9.85. The Morgan fingerprint density at radius 2 is 1.62 bits per heavy atom. The van der Waals surface area contributed by atoms with Gasteiger partial charge in [0.1, 0.15) is 24.2 Å². The number of rotatable bonds is 15. The third-order valence-corrected chi connectivity index (χ3v) is 8.05. The summed E-state index contributed by atoms with van der Waals surface area (Å²) in [6, 6.07) is -3.50. The molecule has 4 N–H and O–H groups in total. The van der Waals surface area contributed by atoms with E-state index in [1.165, 1.54) is 4.90 Å². The van der Waals surface area contributed by atoms with Gasteiger partial charge >= 0.3 is 12.0 Å². The van der Waals surface area contributed by atoms with E-state index in [4.69, 9.17) is 4.74 Å². The summed E-state index contributed by atoms with van der Waals surface area (Å²) in [6.07, 6.45) is 8.71. The highest BCUT2D eigenvalue weighted by molar-refractivity contribution is 6.38. The SMILES string of the molecule is C=C/C(=C\C=C/C)C(C)(C)OC(=O)CNC(=O)C(=O)C(CC(C)CC)NC(=O)C1CCCN1C(=O)C(NC(=O)NC(C)(C)C)C(C)(C)C. The third kappa shape index (κ3) is 13.3. The quantitative estimate of drug-likeness (QED) is 0.116. The number of carbonyl (C=O) groups is 6. The van der Waals surface area contributed by atoms with E-state index in [1.807, 2.05) is 68.4 Å². The fourth-order valence-electron chi connectivity index (χ4n) is 5.19. The number of nitrogens with one attached hydrogen (secondary N) is 4. The van der Waals surface area contributed by atoms with Crippen LogP contribution in [0.1, 0.15) is 102 Å². The zero-order valence-corrected chi connectivity index (χ0v) is 30.9. The number of hydrogen-bond acceptors (Lipinski definition) is 7. The lowest BCUT2D eigenvalue weighted by Crippen LogP contribution is -2.61. The van der Waals surface area contributed by atoms with E-state index in [2.05, 4.69) is 27.8 Å². The van der Waals surface area contributed by atoms with Gasteiger partial charge in [-0.25, -0.2) is 4.79 Å². The second-order valence-corrected chi connectivity index (χ2v) is 15.0. The van der Waals surface area contributed by atoms with Gasteiger partial charge in [-0.15, -0.1) is 0 Å². The molecule has 12 heteroatoms. The van der Waals surface area contributed by atoms with Crippen LogP contribution in [0.4, 0.5) is 4.79 Å². The number of Topliss-reactive ketones (excluding diaryl/α,β-unsaturated/α-hetero) is 1. The van der Waals surface area contributed by atoms with E-state index in [0.29, 0.717) is 31.4 Å². The number of carbonyl (C=O) groups excluding carboxylic acids is 6. The molecule has 0 aromatic heterocycles. The number of nitrogens with zero attached hydrogens (tertiary/aromatic N) is 1. The van der Waals surface area contributed by atoms with Crippen molar-refractivity contribution >= 4 is 35.5 Å². The molecule has 5 amide bonds. The number of allylic oxidation sites excluding steroid dienone is 3. The van der Waals surface area contributed by atoms with Gasteiger partial charge in [-0.1, -0.05) is 71.9 Å². The third-order valence-electron chi connectivity index (χ3n) is 8.05. The van der Waals surface area contributed by atoms with Crippen LogP contribution < -0.4 is 21.3 Å². The summed E-state index contributed by atoms with van der Waals surface area (Å²) in [5.74, 6) is -3.68. The molecule has 0 aromatic carbocycles. The summed E-state index contributed by atoms with van der Waals surface area (Å²) in [6.45, 7) is 23.5. The molecule has 270 valence electrons. The van der Waals surface area contributed by atoms with E-state index in [1.54, 1.807) is 32.1 Å². The molecule has 1 heterocycles. The lowest BCUT2D eigenvalue weighted by Gasteiger charge is -2.36. The van der Waals surface area contributed by atoms with Crippen LogP contribution in [-0.4, -0.2) is 82.8 Å². The van der Waals surface area contributed by atoms with Gasteiger partial charge in [-0.05, 0) is 77.7 Å². The Labute approximate surface area is 286 Å². The number of esters is 1. The van der Waals surface area contributed by atoms with E-state index >= 15 is 0 Å². The Kier molecular flexibility index (Phi) is 15.8. The van der Waals surface area contributed by atoms with Crippen LogP contribution in [0.15, 0.2) is 36.5 Å². The van der Waals surface area contributed by atoms with Crippen LogP contribution in [0.25, 0.3) is 0 Å². The van der Waals surface area contributed by atoms with E-state index < -0.39 is 76.7 Å². The molecule has 1 saturated heterocycles. The van der Waals surface area contributed by atoms with Crippen molar-refractivity contribution < 1.29 is 33.5 Å². The Bertz CT molecular complexity index is 1260. The van der Waals surface area contributed by atoms with Crippen LogP contribution >= 0.6 is 0 Å². The molecule has 1 aliphatic heterocycles. The van der Waals surface area contributed by atoms with Crippen LogP contribution in [0.3, 0.4) is 0 Å². The fraction of sp³-hybridized carbons (Fsp3) is 0.667. The molecule has 4 atom stereocenters. The fourth-order valence-corrected chi connectivity index (χ4v) is 5.19. The first-order valence-electron chi connectivity index (χ1n) is 16.8. The summed E-state index contributed by atoms with van der Waals surface area (Å²) in [5, 5.41) is 10.6. The van der Waals surface area contributed by atoms with Gasteiger partial charge in [-0.2, -0.15) is 0 Å². The molecule has 0 saturated carbocycles. The average molecular weight is 674 g/mol. The van der Waals surface area contributed by atoms with Crippen molar-refractivity contribution in [3.63, 3.8) is 0 Å². The molecule has 0 radical (unpaired) electrons. The van der Waals surface area contributed by atoms with Gasteiger partial charge in [-0.3, -0.25) is 24.0 Å². The molecule has 12 nitrogen and oxygen atoms in total. The van der Waals surface area contributed by atoms with Crippen molar-refractivity contribution in [2.24, 2.45) is 11.3 Å². The predicted molar refractivity (Wildman–Crippen MR) is 187 cm³/mol. The summed E-state index contributed by atoms with van der Waals surface area (Å²) >= 11 is 0. The Hall–Kier alpha value is -3.96. The molecule has 4 unspecified atom stereocenters. The van der Waals surface area contributed by atoms with Crippen molar-refractivity contribution in [1.29, 1.82) is 0 Å². The number of likely N-dealkylation sites (tertiary alicyclic amines) is 1. The van der Waals surface area contributed by atoms with Gasteiger partial charge in [0.25, 0.3) is 5.91 Å². The molecular formula is C36H59N5O7. The normalized spacial score (nSPS) is 17.6. The zero-order valence-electron chi connectivity index (χ0n) is 30.9. The van der Waals surface area contributed by atoms with E-state index in [0.717, 1.165) is 0 Å². The van der Waals surface area contributed by atoms with E-state index in [9.17, 15) is 28.8 Å². The van der Waals surface area contributed by atoms with Gasteiger partial charge in [0.05, 0.1) is 6.04 Å². The molecule has 0 aliphatic carbocycles. The van der Waals surface area contributed by atoms with Gasteiger partial charge in [0, 0.05) is 12.1 Å². The van der Waals surface area contributed by atoms with Crippen molar-refractivity contribution in [2.75, 3.05) is 13.1 Å². The Morgan fingerprint density at radius 3 is 2.15 bits per heavy atom. The number of ether oxygens (including phenoxy) is 1. The maximum Gasteiger partial charge on any atom is 0.326 e. The summed E-state index contributed by atoms with van der Waals surface area (Å²) in [7, 11) is 0. The van der Waals surface area contributed by atoms with Crippen LogP contribution in [0, 0.1) is 11.3 Å². The monoisotopic (exact) mass is 673 g/mol. The molecule has 0 aromatic rings. The number of urea groups is 1. The lowest BCUT2D eigenvalue weighted by molar-refractivity contribution is -0.153. The molecule has 48 heavy (non-hydrogen) atoms. The molecule has 1 fully saturated rings. The first-order chi connectivity index (χ1) is 22.1. The molecule has 1 aliphatic rings. The van der Waals surface area contributed by atoms with Crippen molar-refractivity contribution in [3.8, 4) is 0 Å². The Morgan fingerprint density at radius 1 is 1.00 bits per heavy atom. The van der Waals surface area contributed by atoms with E-state index in [-0.39, 0.29) is 12.3 Å². The number of hydrogen-bond donors (Lipinski definition) is 4. The second kappa shape index (κ2) is 18.0. The highest BCUT2D eigenvalue weighted by Gasteiger charge is 2.43. The maximum absolute atomic E-state index is 13.8. The number of ketones is 1. The first kappa shape index (κ1) is 42.1. The van der Waals surface area contributed by atoms with Crippen molar-refractivity contribution in [1.82, 2.24) is 26.2 Å². The maximum atomic E-state index is 13.8. The minimum absolute atomic E-state index is 0.0174. The smallest absolute Gasteiger partial charge is 0.326 e. The zero-order chi connectivity index (χ0) is 37.0. The topological polar surface area (TPSA) is 163 Å². The van der Waals surface area contributed by atoms with Gasteiger partial charge in [0.15, 0.2) is 0 Å². The van der Waals surface area contributed by atoms with Crippen molar-refractivity contribution in [2.45, 2.75) is 131 Å². The summed E-state index contributed by atoms with van der Waals surface area (Å²) < 4.78 is 5.54. The second-order valence-electron chi connectivity index (χ2n) is 15.0. The van der Waals surface area contributed by atoms with Crippen molar-refractivity contribution in [3.05, 3.63) is 36.5 Å². The Balaban J connectivity index is 3.09. The van der Waals surface area contributed by atoms with Crippen LogP contribution in [0.2, 0.25) is 0 Å². The molecule has 0 bridgehead atoms. The summed E-state index contributed by atoms with van der Waals surface area (Å²) in [5.41, 5.74) is -1.59. The minimum atomic E-state index is -1.18. The minimum Gasteiger partial charge on any atom is -0.453 e. The molecule has 0 spiro atoms. The average Bonchev–Trinajstić information content (AvgIpc) is 3.46. The summed E-state index contributed by atoms with van der Waals surface area (Å²) in [4.78, 5) is 80.6. The molecule has 1 rings (SSSR count). The highest BCUT2D eigenvalue weighted by Crippen LogP contribution is 2.26. The predicted octanol–water partition coefficient (Wildman–Crippen LogP) is 4.11. The van der Waals surface area contributed by atoms with Crippen LogP contribution in [-0.2, 0) is 28.7 Å². The van der Waals surface area contributed by atoms with Gasteiger partial charge in [0.2, 0.25) is 17.6 Å². The largest absolute Gasteiger partial charge is 0.453 e. The first-order valence-corrected chi connectivity index (χ1v) is 16.8. The van der Waals surface area contributed by atoms with Crippen LogP contribution in [0.5, 0.6) is 0 Å². The molecular weight excluding hydrogens is 614 g/mol. The highest BCUT2D eigenvalue weighted by atomic mass is 16.6. The standard InChI is InChI=1S/C36H59N5O7/c1-13-16-18-24(15-3)36(11,12)48-27(42)22-37-31(45)28(43)25(21-23(4)14-2)38-30(44)26-19-17-20-41(26)32(46)29(34(5,6)7)39-33(47)40-35(8,9)10/h13,15-16,18,23,25-26,29H,3,14,17,19-22H2,1-2,4-12H3,(H,37,45)(H,38,44)(H2,39,40,47)/b16-13-,24-18+. The van der Waals surface area contributed by atoms with Gasteiger partial charge < -0.3 is 30.9 Å².